The van der Waals surface area contributed by atoms with Gasteiger partial charge in [-0.2, -0.15) is 13.2 Å². The molecule has 3 nitrogen and oxygen atoms in total. The number of carbonyl (C=O) groups is 1. The SMILES string of the molecule is O=C(/C=C/c1ccc(Cl)c(C(F)(F)F)c1)N[C@@H]1CCOc2ccccc21. The van der Waals surface area contributed by atoms with Crippen LogP contribution in [0.2, 0.25) is 5.02 Å². The molecule has 0 bridgehead atoms. The zero-order valence-corrected chi connectivity index (χ0v) is 14.3. The molecule has 2 aromatic rings. The third-order valence-corrected chi connectivity index (χ3v) is 4.33. The van der Waals surface area contributed by atoms with E-state index in [4.69, 9.17) is 16.3 Å². The van der Waals surface area contributed by atoms with Crippen LogP contribution >= 0.6 is 11.6 Å². The van der Waals surface area contributed by atoms with Crippen molar-refractivity contribution >= 4 is 23.6 Å². The maximum absolute atomic E-state index is 12.9. The summed E-state index contributed by atoms with van der Waals surface area (Å²) in [6.45, 7) is 0.484. The third-order valence-electron chi connectivity index (χ3n) is 4.00. The van der Waals surface area contributed by atoms with Crippen molar-refractivity contribution < 1.29 is 22.7 Å². The van der Waals surface area contributed by atoms with Gasteiger partial charge in [-0.1, -0.05) is 35.9 Å². The molecule has 0 aromatic heterocycles. The highest BCUT2D eigenvalue weighted by atomic mass is 35.5. The first-order valence-corrected chi connectivity index (χ1v) is 8.29. The number of hydrogen-bond acceptors (Lipinski definition) is 2. The van der Waals surface area contributed by atoms with E-state index < -0.39 is 17.6 Å². The molecule has 1 amide bonds. The van der Waals surface area contributed by atoms with Crippen LogP contribution in [0.1, 0.15) is 29.2 Å². The van der Waals surface area contributed by atoms with Gasteiger partial charge in [0.1, 0.15) is 5.75 Å². The number of carbonyl (C=O) groups excluding carboxylic acids is 1. The minimum Gasteiger partial charge on any atom is -0.493 e. The van der Waals surface area contributed by atoms with Crippen molar-refractivity contribution in [2.45, 2.75) is 18.6 Å². The standard InChI is InChI=1S/C19H15ClF3NO2/c20-15-7-5-12(11-14(15)19(21,22)23)6-8-18(25)24-16-9-10-26-17-4-2-1-3-13(16)17/h1-8,11,16H,9-10H2,(H,24,25)/b8-6+/t16-/m1/s1. The Morgan fingerprint density at radius 3 is 2.77 bits per heavy atom. The highest BCUT2D eigenvalue weighted by molar-refractivity contribution is 6.31. The fraction of sp³-hybridized carbons (Fsp3) is 0.211. The minimum atomic E-state index is -4.55. The summed E-state index contributed by atoms with van der Waals surface area (Å²) in [5.41, 5.74) is 0.190. The van der Waals surface area contributed by atoms with Crippen molar-refractivity contribution in [3.63, 3.8) is 0 Å². The maximum Gasteiger partial charge on any atom is 0.417 e. The Hall–Kier alpha value is -2.47. The lowest BCUT2D eigenvalue weighted by atomic mass is 10.0. The van der Waals surface area contributed by atoms with Gasteiger partial charge in [-0.3, -0.25) is 4.79 Å². The van der Waals surface area contributed by atoms with E-state index in [0.29, 0.717) is 13.0 Å². The normalized spacial score (nSPS) is 16.8. The largest absolute Gasteiger partial charge is 0.493 e. The van der Waals surface area contributed by atoms with Crippen molar-refractivity contribution in [2.75, 3.05) is 6.61 Å². The van der Waals surface area contributed by atoms with E-state index in [1.165, 1.54) is 18.2 Å². The predicted molar refractivity (Wildman–Crippen MR) is 92.9 cm³/mol. The van der Waals surface area contributed by atoms with E-state index >= 15 is 0 Å². The summed E-state index contributed by atoms with van der Waals surface area (Å²) in [4.78, 5) is 12.2. The van der Waals surface area contributed by atoms with Crippen LogP contribution in [-0.2, 0) is 11.0 Å². The van der Waals surface area contributed by atoms with E-state index in [1.54, 1.807) is 0 Å². The summed E-state index contributed by atoms with van der Waals surface area (Å²) in [7, 11) is 0. The first-order chi connectivity index (χ1) is 12.3. The molecule has 0 fully saturated rings. The number of hydrogen-bond donors (Lipinski definition) is 1. The van der Waals surface area contributed by atoms with Crippen LogP contribution in [0.25, 0.3) is 6.08 Å². The Balaban J connectivity index is 1.71. The Morgan fingerprint density at radius 1 is 1.23 bits per heavy atom. The van der Waals surface area contributed by atoms with Crippen molar-refractivity contribution in [1.82, 2.24) is 5.32 Å². The molecule has 0 spiro atoms. The van der Waals surface area contributed by atoms with Gasteiger partial charge in [0.25, 0.3) is 0 Å². The number of ether oxygens (including phenoxy) is 1. The molecule has 2 aromatic carbocycles. The van der Waals surface area contributed by atoms with Crippen molar-refractivity contribution in [3.05, 3.63) is 70.3 Å². The molecule has 0 unspecified atom stereocenters. The number of amides is 1. The molecule has 1 heterocycles. The van der Waals surface area contributed by atoms with Crippen LogP contribution in [0.3, 0.4) is 0 Å². The van der Waals surface area contributed by atoms with E-state index in [0.717, 1.165) is 23.4 Å². The van der Waals surface area contributed by atoms with Crippen LogP contribution in [0.15, 0.2) is 48.5 Å². The summed E-state index contributed by atoms with van der Waals surface area (Å²) in [6, 6.07) is 10.7. The van der Waals surface area contributed by atoms with Gasteiger partial charge in [0.05, 0.1) is 23.2 Å². The highest BCUT2D eigenvalue weighted by Gasteiger charge is 2.33. The van der Waals surface area contributed by atoms with Gasteiger partial charge in [0.15, 0.2) is 0 Å². The van der Waals surface area contributed by atoms with E-state index in [9.17, 15) is 18.0 Å². The molecule has 0 saturated heterocycles. The zero-order valence-electron chi connectivity index (χ0n) is 13.5. The summed E-state index contributed by atoms with van der Waals surface area (Å²) >= 11 is 5.59. The summed E-state index contributed by atoms with van der Waals surface area (Å²) in [5.74, 6) is 0.329. The molecule has 1 aliphatic rings. The van der Waals surface area contributed by atoms with Crippen LogP contribution in [-0.4, -0.2) is 12.5 Å². The number of nitrogens with one attached hydrogen (secondary N) is 1. The summed E-state index contributed by atoms with van der Waals surface area (Å²) in [6.07, 6.45) is -1.39. The van der Waals surface area contributed by atoms with Crippen molar-refractivity contribution in [1.29, 1.82) is 0 Å². The third kappa shape index (κ3) is 4.19. The molecule has 26 heavy (non-hydrogen) atoms. The van der Waals surface area contributed by atoms with Crippen LogP contribution in [0.4, 0.5) is 13.2 Å². The van der Waals surface area contributed by atoms with Gasteiger partial charge in [0, 0.05) is 18.1 Å². The highest BCUT2D eigenvalue weighted by Crippen LogP contribution is 2.35. The molecule has 1 aliphatic heterocycles. The average molecular weight is 382 g/mol. The van der Waals surface area contributed by atoms with Crippen LogP contribution in [0, 0.1) is 0 Å². The van der Waals surface area contributed by atoms with E-state index in [1.807, 2.05) is 24.3 Å². The van der Waals surface area contributed by atoms with Gasteiger partial charge >= 0.3 is 6.18 Å². The Labute approximate surface area is 153 Å². The molecule has 136 valence electrons. The Kier molecular flexibility index (Phi) is 5.23. The smallest absolute Gasteiger partial charge is 0.417 e. The molecule has 3 rings (SSSR count). The van der Waals surface area contributed by atoms with Crippen molar-refractivity contribution in [3.8, 4) is 5.75 Å². The summed E-state index contributed by atoms with van der Waals surface area (Å²) < 4.78 is 44.2. The lowest BCUT2D eigenvalue weighted by Crippen LogP contribution is -2.30. The fourth-order valence-electron chi connectivity index (χ4n) is 2.75. The lowest BCUT2D eigenvalue weighted by molar-refractivity contribution is -0.137. The summed E-state index contributed by atoms with van der Waals surface area (Å²) in [5, 5.41) is 2.47. The van der Waals surface area contributed by atoms with Gasteiger partial charge in [-0.05, 0) is 29.8 Å². The number of alkyl halides is 3. The number of rotatable bonds is 3. The van der Waals surface area contributed by atoms with Gasteiger partial charge in [0.2, 0.25) is 5.91 Å². The molecular weight excluding hydrogens is 367 g/mol. The first kappa shape index (κ1) is 18.3. The lowest BCUT2D eigenvalue weighted by Gasteiger charge is -2.26. The fourth-order valence-corrected chi connectivity index (χ4v) is 2.97. The maximum atomic E-state index is 12.9. The van der Waals surface area contributed by atoms with Crippen LogP contribution < -0.4 is 10.1 Å². The molecule has 0 saturated carbocycles. The second-order valence-electron chi connectivity index (χ2n) is 5.81. The minimum absolute atomic E-state index is 0.201. The van der Waals surface area contributed by atoms with Crippen molar-refractivity contribution in [2.24, 2.45) is 0 Å². The zero-order chi connectivity index (χ0) is 18.7. The number of benzene rings is 2. The Morgan fingerprint density at radius 2 is 2.00 bits per heavy atom. The second-order valence-corrected chi connectivity index (χ2v) is 6.21. The van der Waals surface area contributed by atoms with Gasteiger partial charge < -0.3 is 10.1 Å². The average Bonchev–Trinajstić information content (AvgIpc) is 2.60. The second kappa shape index (κ2) is 7.41. The van der Waals surface area contributed by atoms with Gasteiger partial charge in [-0.15, -0.1) is 0 Å². The van der Waals surface area contributed by atoms with E-state index in [-0.39, 0.29) is 16.6 Å². The molecule has 1 N–H and O–H groups in total. The van der Waals surface area contributed by atoms with E-state index in [2.05, 4.69) is 5.32 Å². The number of halogens is 4. The topological polar surface area (TPSA) is 38.3 Å². The quantitative estimate of drug-likeness (QED) is 0.759. The predicted octanol–water partition coefficient (Wildman–Crippen LogP) is 5.01. The molecule has 0 aliphatic carbocycles. The molecule has 0 radical (unpaired) electrons. The number of para-hydroxylation sites is 1. The van der Waals surface area contributed by atoms with Gasteiger partial charge in [-0.25, -0.2) is 0 Å². The molecular formula is C19H15ClF3NO2. The monoisotopic (exact) mass is 381 g/mol. The first-order valence-electron chi connectivity index (χ1n) is 7.91. The Bertz CT molecular complexity index is 849. The molecule has 1 atom stereocenters. The molecule has 7 heteroatoms. The van der Waals surface area contributed by atoms with Crippen LogP contribution in [0.5, 0.6) is 5.75 Å². The number of fused-ring (bicyclic) bond motifs is 1.